The van der Waals surface area contributed by atoms with Crippen LogP contribution in [0.25, 0.3) is 10.9 Å². The van der Waals surface area contributed by atoms with Crippen LogP contribution in [0.3, 0.4) is 0 Å². The fraction of sp³-hybridized carbons (Fsp3) is 0.368. The second-order valence-electron chi connectivity index (χ2n) is 6.64. The van der Waals surface area contributed by atoms with Crippen molar-refractivity contribution in [2.75, 3.05) is 13.7 Å². The monoisotopic (exact) mass is 324 g/mol. The Morgan fingerprint density at radius 2 is 2.17 bits per heavy atom. The second kappa shape index (κ2) is 5.23. The smallest absolute Gasteiger partial charge is 0.339 e. The second-order valence-corrected chi connectivity index (χ2v) is 6.64. The molecule has 0 saturated heterocycles. The molecule has 0 radical (unpaired) electrons. The lowest BCUT2D eigenvalue weighted by Gasteiger charge is -2.30. The number of hydrogen-bond donors (Lipinski definition) is 1. The number of esters is 1. The van der Waals surface area contributed by atoms with Gasteiger partial charge < -0.3 is 14.6 Å². The maximum absolute atomic E-state index is 12.8. The van der Waals surface area contributed by atoms with E-state index in [4.69, 9.17) is 4.74 Å². The summed E-state index contributed by atoms with van der Waals surface area (Å²) in [5.41, 5.74) is 3.21. The summed E-state index contributed by atoms with van der Waals surface area (Å²) in [4.78, 5) is 30.0. The van der Waals surface area contributed by atoms with Crippen LogP contribution >= 0.6 is 0 Å². The molecule has 4 rings (SSSR count). The lowest BCUT2D eigenvalue weighted by atomic mass is 10.00. The van der Waals surface area contributed by atoms with E-state index in [1.54, 1.807) is 12.1 Å². The van der Waals surface area contributed by atoms with Crippen LogP contribution in [0.1, 0.15) is 34.5 Å². The van der Waals surface area contributed by atoms with Crippen molar-refractivity contribution in [1.82, 2.24) is 9.88 Å². The number of carbonyl (C=O) groups is 2. The molecule has 5 heteroatoms. The zero-order valence-corrected chi connectivity index (χ0v) is 13.7. The number of benzene rings is 1. The van der Waals surface area contributed by atoms with Crippen LogP contribution in [0, 0.1) is 5.41 Å². The van der Waals surface area contributed by atoms with E-state index in [-0.39, 0.29) is 17.3 Å². The van der Waals surface area contributed by atoms with Crippen LogP contribution < -0.4 is 0 Å². The van der Waals surface area contributed by atoms with E-state index < -0.39 is 0 Å². The lowest BCUT2D eigenvalue weighted by molar-refractivity contribution is -0.136. The highest BCUT2D eigenvalue weighted by atomic mass is 16.5. The van der Waals surface area contributed by atoms with Gasteiger partial charge in [-0.1, -0.05) is 18.2 Å². The maximum Gasteiger partial charge on any atom is 0.339 e. The Labute approximate surface area is 140 Å². The molecule has 1 aliphatic carbocycles. The molecule has 124 valence electrons. The summed E-state index contributed by atoms with van der Waals surface area (Å²) < 4.78 is 4.87. The molecule has 2 aliphatic rings. The van der Waals surface area contributed by atoms with E-state index in [2.05, 4.69) is 11.6 Å². The number of H-pyrrole nitrogens is 1. The molecule has 1 fully saturated rings. The molecule has 2 aromatic rings. The van der Waals surface area contributed by atoms with Gasteiger partial charge in [0, 0.05) is 36.2 Å². The van der Waals surface area contributed by atoms with Crippen molar-refractivity contribution in [2.45, 2.75) is 25.8 Å². The number of carbonyl (C=O) groups excluding carboxylic acids is 2. The van der Waals surface area contributed by atoms with Crippen molar-refractivity contribution in [3.63, 3.8) is 0 Å². The van der Waals surface area contributed by atoms with Gasteiger partial charge in [0.2, 0.25) is 5.91 Å². The third kappa shape index (κ3) is 2.08. The first-order valence-electron chi connectivity index (χ1n) is 8.23. The van der Waals surface area contributed by atoms with Crippen molar-refractivity contribution in [2.24, 2.45) is 5.41 Å². The molecule has 1 aromatic carbocycles. The van der Waals surface area contributed by atoms with Gasteiger partial charge in [-0.15, -0.1) is 6.58 Å². The first kappa shape index (κ1) is 15.0. The molecule has 1 amide bonds. The summed E-state index contributed by atoms with van der Waals surface area (Å²) >= 11 is 0. The SMILES string of the molecule is C=CC1(C(=O)N2CCc3[nH]c4c(C(=O)OC)cccc4c3C2)CC1. The fourth-order valence-corrected chi connectivity index (χ4v) is 3.65. The van der Waals surface area contributed by atoms with E-state index in [9.17, 15) is 9.59 Å². The minimum Gasteiger partial charge on any atom is -0.465 e. The normalized spacial score (nSPS) is 18.1. The number of nitrogens with zero attached hydrogens (tertiary/aromatic N) is 1. The van der Waals surface area contributed by atoms with Crippen molar-refractivity contribution in [3.05, 3.63) is 47.7 Å². The van der Waals surface area contributed by atoms with Gasteiger partial charge >= 0.3 is 5.97 Å². The highest BCUT2D eigenvalue weighted by Crippen LogP contribution is 2.49. The third-order valence-electron chi connectivity index (χ3n) is 5.31. The standard InChI is InChI=1S/C19H20N2O3/c1-3-19(8-9-19)18(23)21-10-7-15-14(11-21)12-5-4-6-13(16(12)20-15)17(22)24-2/h3-6,20H,1,7-11H2,2H3. The van der Waals surface area contributed by atoms with E-state index in [1.165, 1.54) is 7.11 Å². The van der Waals surface area contributed by atoms with Crippen molar-refractivity contribution in [1.29, 1.82) is 0 Å². The summed E-state index contributed by atoms with van der Waals surface area (Å²) in [6.07, 6.45) is 4.37. The molecular weight excluding hydrogens is 304 g/mol. The largest absolute Gasteiger partial charge is 0.465 e. The summed E-state index contributed by atoms with van der Waals surface area (Å²) in [7, 11) is 1.38. The number of hydrogen-bond acceptors (Lipinski definition) is 3. The Hall–Kier alpha value is -2.56. The Bertz CT molecular complexity index is 861. The topological polar surface area (TPSA) is 62.4 Å². The van der Waals surface area contributed by atoms with Crippen molar-refractivity contribution in [3.8, 4) is 0 Å². The van der Waals surface area contributed by atoms with Gasteiger partial charge in [0.05, 0.1) is 23.6 Å². The third-order valence-corrected chi connectivity index (χ3v) is 5.31. The number of aromatic amines is 1. The van der Waals surface area contributed by atoms with E-state index in [0.29, 0.717) is 18.7 Å². The molecule has 0 atom stereocenters. The van der Waals surface area contributed by atoms with Crippen LogP contribution in [0.4, 0.5) is 0 Å². The Morgan fingerprint density at radius 1 is 1.38 bits per heavy atom. The summed E-state index contributed by atoms with van der Waals surface area (Å²) in [6, 6.07) is 5.61. The molecule has 0 unspecified atom stereocenters. The van der Waals surface area contributed by atoms with E-state index in [1.807, 2.05) is 17.0 Å². The number of rotatable bonds is 3. The number of aromatic nitrogens is 1. The van der Waals surface area contributed by atoms with Gasteiger partial charge in [0.25, 0.3) is 0 Å². The highest BCUT2D eigenvalue weighted by molar-refractivity contribution is 6.04. The van der Waals surface area contributed by atoms with Gasteiger partial charge in [-0.3, -0.25) is 4.79 Å². The minimum atomic E-state index is -0.351. The zero-order valence-electron chi connectivity index (χ0n) is 13.7. The molecule has 5 nitrogen and oxygen atoms in total. The van der Waals surface area contributed by atoms with Crippen molar-refractivity contribution >= 4 is 22.8 Å². The Balaban J connectivity index is 1.72. The number of amides is 1. The predicted molar refractivity (Wildman–Crippen MR) is 90.6 cm³/mol. The van der Waals surface area contributed by atoms with Crippen LogP contribution in [0.15, 0.2) is 30.9 Å². The number of methoxy groups -OCH3 is 1. The first-order chi connectivity index (χ1) is 11.6. The Morgan fingerprint density at radius 3 is 2.83 bits per heavy atom. The number of para-hydroxylation sites is 1. The highest BCUT2D eigenvalue weighted by Gasteiger charge is 2.49. The molecule has 1 saturated carbocycles. The average molecular weight is 324 g/mol. The molecule has 0 spiro atoms. The van der Waals surface area contributed by atoms with Gasteiger partial charge in [0.15, 0.2) is 0 Å². The van der Waals surface area contributed by atoms with Gasteiger partial charge in [-0.05, 0) is 18.9 Å². The molecule has 1 N–H and O–H groups in total. The number of fused-ring (bicyclic) bond motifs is 3. The molecule has 1 aromatic heterocycles. The molecular formula is C19H20N2O3. The van der Waals surface area contributed by atoms with Crippen LogP contribution in [0.2, 0.25) is 0 Å². The number of nitrogens with one attached hydrogen (secondary N) is 1. The van der Waals surface area contributed by atoms with Gasteiger partial charge in [0.1, 0.15) is 0 Å². The quantitative estimate of drug-likeness (QED) is 0.697. The van der Waals surface area contributed by atoms with E-state index in [0.717, 1.165) is 41.4 Å². The minimum absolute atomic E-state index is 0.182. The zero-order chi connectivity index (χ0) is 16.9. The summed E-state index contributed by atoms with van der Waals surface area (Å²) in [5, 5.41) is 0.994. The summed E-state index contributed by atoms with van der Waals surface area (Å²) in [6.45, 7) is 5.10. The van der Waals surface area contributed by atoms with E-state index >= 15 is 0 Å². The molecule has 24 heavy (non-hydrogen) atoms. The van der Waals surface area contributed by atoms with Crippen LogP contribution in [-0.2, 0) is 22.5 Å². The van der Waals surface area contributed by atoms with Crippen LogP contribution in [0.5, 0.6) is 0 Å². The predicted octanol–water partition coefficient (Wildman–Crippen LogP) is 2.81. The maximum atomic E-state index is 12.8. The lowest BCUT2D eigenvalue weighted by Crippen LogP contribution is -2.40. The first-order valence-corrected chi connectivity index (χ1v) is 8.23. The Kier molecular flexibility index (Phi) is 3.27. The molecule has 0 bridgehead atoms. The molecule has 1 aliphatic heterocycles. The average Bonchev–Trinajstić information content (AvgIpc) is 3.34. The fourth-order valence-electron chi connectivity index (χ4n) is 3.65. The van der Waals surface area contributed by atoms with Crippen molar-refractivity contribution < 1.29 is 14.3 Å². The van der Waals surface area contributed by atoms with Gasteiger partial charge in [-0.2, -0.15) is 0 Å². The van der Waals surface area contributed by atoms with Crippen LogP contribution in [-0.4, -0.2) is 35.4 Å². The van der Waals surface area contributed by atoms with Gasteiger partial charge in [-0.25, -0.2) is 4.79 Å². The summed E-state index contributed by atoms with van der Waals surface area (Å²) in [5.74, 6) is -0.169. The molecule has 2 heterocycles. The number of ether oxygens (including phenoxy) is 1.